The lowest BCUT2D eigenvalue weighted by Crippen LogP contribution is -2.14. The topological polar surface area (TPSA) is 107 Å². The maximum Gasteiger partial charge on any atom is 0.337 e. The van der Waals surface area contributed by atoms with Crippen molar-refractivity contribution in [2.75, 3.05) is 10.6 Å². The number of H-pyrrole nitrogens is 1. The first-order valence-electron chi connectivity index (χ1n) is 7.70. The highest BCUT2D eigenvalue weighted by Gasteiger charge is 2.12. The Hall–Kier alpha value is -3.32. The molecule has 0 aliphatic rings. The van der Waals surface area contributed by atoms with Gasteiger partial charge in [0, 0.05) is 6.07 Å². The summed E-state index contributed by atoms with van der Waals surface area (Å²) in [6.45, 7) is 0. The first-order chi connectivity index (χ1) is 12.5. The van der Waals surface area contributed by atoms with Crippen molar-refractivity contribution < 1.29 is 14.7 Å². The molecule has 0 radical (unpaired) electrons. The molecule has 0 fully saturated rings. The molecule has 0 saturated heterocycles. The number of nitrogens with one attached hydrogen (secondary N) is 3. The molecular formula is C18H15ClN4O3. The van der Waals surface area contributed by atoms with Crippen LogP contribution in [0.25, 0.3) is 0 Å². The van der Waals surface area contributed by atoms with E-state index in [2.05, 4.69) is 20.8 Å². The third-order valence-corrected chi connectivity index (χ3v) is 3.93. The summed E-state index contributed by atoms with van der Waals surface area (Å²) >= 11 is 6.21. The van der Waals surface area contributed by atoms with Crippen LogP contribution in [0.15, 0.2) is 54.7 Å². The SMILES string of the molecule is O=C(Cc1ccc(Cl)c(Nc2ccccc2C(=O)O)c1)Nc1ccn[nH]1. The number of anilines is 3. The fourth-order valence-corrected chi connectivity index (χ4v) is 2.57. The van der Waals surface area contributed by atoms with Gasteiger partial charge in [0.2, 0.25) is 5.91 Å². The summed E-state index contributed by atoms with van der Waals surface area (Å²) in [5.74, 6) is -0.745. The van der Waals surface area contributed by atoms with E-state index in [1.54, 1.807) is 48.7 Å². The van der Waals surface area contributed by atoms with E-state index < -0.39 is 5.97 Å². The normalized spacial score (nSPS) is 10.3. The lowest BCUT2D eigenvalue weighted by molar-refractivity contribution is -0.115. The Bertz CT molecular complexity index is 941. The first-order valence-corrected chi connectivity index (χ1v) is 8.08. The van der Waals surface area contributed by atoms with Gasteiger partial charge < -0.3 is 15.7 Å². The van der Waals surface area contributed by atoms with Crippen molar-refractivity contribution in [2.45, 2.75) is 6.42 Å². The molecule has 0 saturated carbocycles. The Balaban J connectivity index is 1.78. The third kappa shape index (κ3) is 4.20. The van der Waals surface area contributed by atoms with E-state index in [-0.39, 0.29) is 17.9 Å². The zero-order valence-electron chi connectivity index (χ0n) is 13.5. The molecule has 132 valence electrons. The van der Waals surface area contributed by atoms with Crippen LogP contribution in [0.3, 0.4) is 0 Å². The van der Waals surface area contributed by atoms with Gasteiger partial charge in [-0.1, -0.05) is 29.8 Å². The first kappa shape index (κ1) is 17.5. The van der Waals surface area contributed by atoms with Crippen LogP contribution in [-0.4, -0.2) is 27.2 Å². The third-order valence-electron chi connectivity index (χ3n) is 3.60. The van der Waals surface area contributed by atoms with Crippen LogP contribution in [0, 0.1) is 0 Å². The number of para-hydroxylation sites is 1. The molecule has 3 aromatic rings. The summed E-state index contributed by atoms with van der Waals surface area (Å²) in [6, 6.07) is 13.3. The van der Waals surface area contributed by atoms with Gasteiger partial charge in [0.05, 0.1) is 34.6 Å². The molecule has 0 unspecified atom stereocenters. The second-order valence-electron chi connectivity index (χ2n) is 5.49. The average molecular weight is 371 g/mol. The molecule has 3 rings (SSSR count). The van der Waals surface area contributed by atoms with Crippen molar-refractivity contribution >= 4 is 40.7 Å². The van der Waals surface area contributed by atoms with Gasteiger partial charge in [0.15, 0.2) is 0 Å². The minimum atomic E-state index is -1.04. The highest BCUT2D eigenvalue weighted by atomic mass is 35.5. The van der Waals surface area contributed by atoms with Gasteiger partial charge >= 0.3 is 5.97 Å². The second kappa shape index (κ2) is 7.71. The summed E-state index contributed by atoms with van der Waals surface area (Å²) in [6.07, 6.45) is 1.67. The van der Waals surface area contributed by atoms with E-state index >= 15 is 0 Å². The standard InChI is InChI=1S/C18H15ClN4O3/c19-13-6-5-11(10-17(24)22-16-7-8-20-23-16)9-15(13)21-14-4-2-1-3-12(14)18(25)26/h1-9,21H,10H2,(H,25,26)(H2,20,22,23,24). The van der Waals surface area contributed by atoms with Crippen molar-refractivity contribution in [1.29, 1.82) is 0 Å². The number of aromatic carboxylic acids is 1. The predicted octanol–water partition coefficient (Wildman–Crippen LogP) is 3.69. The van der Waals surface area contributed by atoms with Crippen LogP contribution in [0.1, 0.15) is 15.9 Å². The van der Waals surface area contributed by atoms with E-state index in [9.17, 15) is 14.7 Å². The molecule has 4 N–H and O–H groups in total. The molecule has 0 spiro atoms. The van der Waals surface area contributed by atoms with Gasteiger partial charge in [-0.2, -0.15) is 5.10 Å². The van der Waals surface area contributed by atoms with Crippen molar-refractivity contribution in [3.63, 3.8) is 0 Å². The molecule has 26 heavy (non-hydrogen) atoms. The Kier molecular flexibility index (Phi) is 5.19. The fourth-order valence-electron chi connectivity index (χ4n) is 2.41. The molecule has 0 aliphatic heterocycles. The van der Waals surface area contributed by atoms with Gasteiger partial charge in [-0.05, 0) is 29.8 Å². The second-order valence-corrected chi connectivity index (χ2v) is 5.89. The monoisotopic (exact) mass is 370 g/mol. The van der Waals surface area contributed by atoms with Crippen LogP contribution < -0.4 is 10.6 Å². The molecule has 7 nitrogen and oxygen atoms in total. The lowest BCUT2D eigenvalue weighted by Gasteiger charge is -2.12. The van der Waals surface area contributed by atoms with E-state index in [1.807, 2.05) is 0 Å². The summed E-state index contributed by atoms with van der Waals surface area (Å²) in [5.41, 5.74) is 1.79. The number of carboxylic acids is 1. The summed E-state index contributed by atoms with van der Waals surface area (Å²) in [4.78, 5) is 23.4. The molecule has 0 aliphatic carbocycles. The van der Waals surface area contributed by atoms with Crippen molar-refractivity contribution in [2.24, 2.45) is 0 Å². The molecule has 0 atom stereocenters. The number of halogens is 1. The highest BCUT2D eigenvalue weighted by Crippen LogP contribution is 2.28. The average Bonchev–Trinajstić information content (AvgIpc) is 3.11. The Morgan fingerprint density at radius 3 is 2.65 bits per heavy atom. The van der Waals surface area contributed by atoms with Crippen molar-refractivity contribution in [3.05, 3.63) is 70.9 Å². The fraction of sp³-hybridized carbons (Fsp3) is 0.0556. The van der Waals surface area contributed by atoms with Crippen LogP contribution >= 0.6 is 11.6 Å². The molecule has 1 aromatic heterocycles. The number of amides is 1. The number of hydrogen-bond acceptors (Lipinski definition) is 4. The van der Waals surface area contributed by atoms with Gasteiger partial charge in [0.25, 0.3) is 0 Å². The molecule has 1 amide bonds. The largest absolute Gasteiger partial charge is 0.478 e. The number of rotatable bonds is 6. The predicted molar refractivity (Wildman–Crippen MR) is 99.1 cm³/mol. The quantitative estimate of drug-likeness (QED) is 0.529. The number of carbonyl (C=O) groups excluding carboxylic acids is 1. The number of nitrogens with zero attached hydrogens (tertiary/aromatic N) is 1. The van der Waals surface area contributed by atoms with Crippen LogP contribution in [0.4, 0.5) is 17.2 Å². The summed E-state index contributed by atoms with van der Waals surface area (Å²) in [7, 11) is 0. The zero-order chi connectivity index (χ0) is 18.5. The maximum absolute atomic E-state index is 12.1. The van der Waals surface area contributed by atoms with Crippen molar-refractivity contribution in [1.82, 2.24) is 10.2 Å². The van der Waals surface area contributed by atoms with Gasteiger partial charge in [-0.3, -0.25) is 9.89 Å². The van der Waals surface area contributed by atoms with Crippen LogP contribution in [-0.2, 0) is 11.2 Å². The summed E-state index contributed by atoms with van der Waals surface area (Å²) < 4.78 is 0. The minimum Gasteiger partial charge on any atom is -0.478 e. The number of carbonyl (C=O) groups is 2. The number of aromatic amines is 1. The van der Waals surface area contributed by atoms with E-state index in [0.29, 0.717) is 22.2 Å². The van der Waals surface area contributed by atoms with E-state index in [4.69, 9.17) is 11.6 Å². The van der Waals surface area contributed by atoms with Crippen LogP contribution in [0.2, 0.25) is 5.02 Å². The molecule has 0 bridgehead atoms. The summed E-state index contributed by atoms with van der Waals surface area (Å²) in [5, 5.41) is 21.8. The zero-order valence-corrected chi connectivity index (χ0v) is 14.2. The number of aromatic nitrogens is 2. The van der Waals surface area contributed by atoms with Gasteiger partial charge in [-0.25, -0.2) is 4.79 Å². The number of hydrogen-bond donors (Lipinski definition) is 4. The smallest absolute Gasteiger partial charge is 0.337 e. The van der Waals surface area contributed by atoms with Gasteiger partial charge in [-0.15, -0.1) is 0 Å². The molecular weight excluding hydrogens is 356 g/mol. The Morgan fingerprint density at radius 2 is 1.92 bits per heavy atom. The lowest BCUT2D eigenvalue weighted by atomic mass is 10.1. The molecule has 1 heterocycles. The number of benzene rings is 2. The van der Waals surface area contributed by atoms with E-state index in [1.165, 1.54) is 6.07 Å². The highest BCUT2D eigenvalue weighted by molar-refractivity contribution is 6.33. The van der Waals surface area contributed by atoms with Crippen LogP contribution in [0.5, 0.6) is 0 Å². The van der Waals surface area contributed by atoms with E-state index in [0.717, 1.165) is 5.56 Å². The Morgan fingerprint density at radius 1 is 1.12 bits per heavy atom. The molecule has 8 heteroatoms. The Labute approximate surface area is 154 Å². The number of carboxylic acid groups (broad SMARTS) is 1. The van der Waals surface area contributed by atoms with Gasteiger partial charge in [0.1, 0.15) is 5.82 Å². The van der Waals surface area contributed by atoms with Crippen molar-refractivity contribution in [3.8, 4) is 0 Å². The minimum absolute atomic E-state index is 0.130. The maximum atomic E-state index is 12.1. The molecule has 2 aromatic carbocycles.